The molecule has 0 bridgehead atoms. The summed E-state index contributed by atoms with van der Waals surface area (Å²) < 4.78 is 15.4. The summed E-state index contributed by atoms with van der Waals surface area (Å²) in [5.41, 5.74) is 3.59. The number of benzene rings is 2. The van der Waals surface area contributed by atoms with Gasteiger partial charge in [0, 0.05) is 79.7 Å². The van der Waals surface area contributed by atoms with Gasteiger partial charge in [0.2, 0.25) is 0 Å². The summed E-state index contributed by atoms with van der Waals surface area (Å²) in [5, 5.41) is 3.36. The molecule has 2 aromatic heterocycles. The fraction of sp³-hybridized carbons (Fsp3) is 0.296. The van der Waals surface area contributed by atoms with E-state index in [9.17, 15) is 14.0 Å². The summed E-state index contributed by atoms with van der Waals surface area (Å²) in [6, 6.07) is 12.6. The van der Waals surface area contributed by atoms with Crippen LogP contribution in [0.25, 0.3) is 16.6 Å². The molecule has 2 aliphatic rings. The van der Waals surface area contributed by atoms with Gasteiger partial charge < -0.3 is 14.4 Å². The van der Waals surface area contributed by atoms with Crippen LogP contribution in [-0.2, 0) is 0 Å². The van der Waals surface area contributed by atoms with E-state index in [4.69, 9.17) is 0 Å². The molecule has 7 nitrogen and oxygen atoms in total. The zero-order chi connectivity index (χ0) is 24.8. The van der Waals surface area contributed by atoms with Crippen molar-refractivity contribution >= 4 is 34.1 Å². The van der Waals surface area contributed by atoms with Crippen molar-refractivity contribution in [2.45, 2.75) is 13.0 Å². The molecule has 0 unspecified atom stereocenters. The fourth-order valence-electron chi connectivity index (χ4n) is 5.22. The van der Waals surface area contributed by atoms with Crippen LogP contribution in [0.4, 0.5) is 4.39 Å². The van der Waals surface area contributed by atoms with Crippen molar-refractivity contribution in [1.82, 2.24) is 24.3 Å². The lowest BCUT2D eigenvalue weighted by Gasteiger charge is -2.48. The van der Waals surface area contributed by atoms with Crippen LogP contribution >= 0.6 is 11.3 Å². The lowest BCUT2D eigenvalue weighted by Crippen LogP contribution is -2.64. The molecule has 4 heterocycles. The highest BCUT2D eigenvalue weighted by Crippen LogP contribution is 2.28. The first kappa shape index (κ1) is 22.9. The number of carbonyl (C=O) groups is 2. The maximum atomic E-state index is 13.4. The smallest absolute Gasteiger partial charge is 0.282 e. The monoisotopic (exact) mass is 503 g/mol. The Labute approximate surface area is 212 Å². The van der Waals surface area contributed by atoms with Crippen LogP contribution in [0.1, 0.15) is 25.7 Å². The summed E-state index contributed by atoms with van der Waals surface area (Å²) in [4.78, 5) is 36.0. The number of halogens is 1. The molecule has 36 heavy (non-hydrogen) atoms. The van der Waals surface area contributed by atoms with Crippen LogP contribution < -0.4 is 0 Å². The van der Waals surface area contributed by atoms with E-state index in [0.717, 1.165) is 35.2 Å². The molecule has 2 fully saturated rings. The molecule has 2 saturated heterocycles. The summed E-state index contributed by atoms with van der Waals surface area (Å²) in [7, 11) is 0. The number of hydrogen-bond acceptors (Lipinski definition) is 5. The van der Waals surface area contributed by atoms with Gasteiger partial charge in [0.25, 0.3) is 11.8 Å². The zero-order valence-corrected chi connectivity index (χ0v) is 20.7. The Bertz CT molecular complexity index is 1420. The average molecular weight is 504 g/mol. The second-order valence-electron chi connectivity index (χ2n) is 9.42. The molecule has 0 atom stereocenters. The van der Waals surface area contributed by atoms with Crippen molar-refractivity contribution in [2.24, 2.45) is 0 Å². The highest BCUT2D eigenvalue weighted by molar-refractivity contribution is 7.11. The fourth-order valence-corrected chi connectivity index (χ4v) is 5.82. The van der Waals surface area contributed by atoms with Gasteiger partial charge in [-0.05, 0) is 55.0 Å². The van der Waals surface area contributed by atoms with Crippen LogP contribution in [-0.4, -0.2) is 81.4 Å². The van der Waals surface area contributed by atoms with E-state index in [2.05, 4.69) is 9.88 Å². The number of aromatic nitrogens is 2. The molecule has 2 aromatic carbocycles. The molecule has 2 amide bonds. The number of rotatable bonds is 4. The first-order valence-electron chi connectivity index (χ1n) is 12.1. The van der Waals surface area contributed by atoms with Crippen molar-refractivity contribution in [3.8, 4) is 5.69 Å². The Balaban J connectivity index is 1.09. The van der Waals surface area contributed by atoms with E-state index in [0.29, 0.717) is 42.8 Å². The van der Waals surface area contributed by atoms with Crippen molar-refractivity contribution < 1.29 is 14.0 Å². The van der Waals surface area contributed by atoms with Crippen LogP contribution in [0.3, 0.4) is 0 Å². The van der Waals surface area contributed by atoms with Gasteiger partial charge in [-0.3, -0.25) is 14.5 Å². The minimum Gasteiger partial charge on any atom is -0.335 e. The Morgan fingerprint density at radius 3 is 2.42 bits per heavy atom. The van der Waals surface area contributed by atoms with Gasteiger partial charge in [-0.1, -0.05) is 0 Å². The predicted molar refractivity (Wildman–Crippen MR) is 137 cm³/mol. The molecule has 0 aliphatic carbocycles. The zero-order valence-electron chi connectivity index (χ0n) is 19.9. The first-order valence-corrected chi connectivity index (χ1v) is 13.0. The van der Waals surface area contributed by atoms with Crippen molar-refractivity contribution in [2.75, 3.05) is 39.3 Å². The Kier molecular flexibility index (Phi) is 5.81. The lowest BCUT2D eigenvalue weighted by atomic mass is 10.0. The quantitative estimate of drug-likeness (QED) is 0.425. The van der Waals surface area contributed by atoms with E-state index in [1.165, 1.54) is 23.5 Å². The molecule has 4 aromatic rings. The van der Waals surface area contributed by atoms with Crippen LogP contribution in [0, 0.1) is 12.7 Å². The molecule has 184 valence electrons. The third kappa shape index (κ3) is 4.08. The number of amides is 2. The molecule has 2 aliphatic heterocycles. The number of thiazole rings is 1. The highest BCUT2D eigenvalue weighted by atomic mass is 32.1. The summed E-state index contributed by atoms with van der Waals surface area (Å²) in [5.74, 6) is -0.212. The molecule has 9 heteroatoms. The Morgan fingerprint density at radius 2 is 1.72 bits per heavy atom. The normalized spacial score (nSPS) is 16.9. The van der Waals surface area contributed by atoms with Crippen molar-refractivity contribution in [3.63, 3.8) is 0 Å². The van der Waals surface area contributed by atoms with Gasteiger partial charge in [0.05, 0.1) is 5.52 Å². The van der Waals surface area contributed by atoms with Gasteiger partial charge in [0.15, 0.2) is 5.01 Å². The van der Waals surface area contributed by atoms with E-state index >= 15 is 0 Å². The van der Waals surface area contributed by atoms with E-state index in [1.807, 2.05) is 51.1 Å². The third-order valence-electron chi connectivity index (χ3n) is 7.21. The number of hydrogen-bond donors (Lipinski definition) is 0. The van der Waals surface area contributed by atoms with Crippen LogP contribution in [0.5, 0.6) is 0 Å². The molecule has 0 spiro atoms. The van der Waals surface area contributed by atoms with Gasteiger partial charge in [0.1, 0.15) is 5.82 Å². The first-order chi connectivity index (χ1) is 17.5. The largest absolute Gasteiger partial charge is 0.335 e. The number of aryl methyl sites for hydroxylation is 1. The number of fused-ring (bicyclic) bond motifs is 1. The van der Waals surface area contributed by atoms with Crippen molar-refractivity contribution in [1.29, 1.82) is 0 Å². The standard InChI is InChI=1S/C27H26FN5O2S/c1-18-14-20(15-19-6-8-33(24(18)19)22-4-2-21(28)3-5-22)26(34)32-16-23(17-32)30-9-11-31(12-10-30)27(35)25-29-7-13-36-25/h2-8,13-15,23H,9-12,16-17H2,1H3. The predicted octanol–water partition coefficient (Wildman–Crippen LogP) is 3.82. The van der Waals surface area contributed by atoms with Gasteiger partial charge >= 0.3 is 0 Å². The number of piperazine rings is 1. The van der Waals surface area contributed by atoms with Crippen molar-refractivity contribution in [3.05, 3.63) is 82.2 Å². The average Bonchev–Trinajstić information content (AvgIpc) is 3.54. The highest BCUT2D eigenvalue weighted by Gasteiger charge is 2.37. The minimum absolute atomic E-state index is 0.00841. The van der Waals surface area contributed by atoms with Gasteiger partial charge in [-0.25, -0.2) is 9.37 Å². The molecule has 0 saturated carbocycles. The van der Waals surface area contributed by atoms with Crippen LogP contribution in [0.15, 0.2) is 60.2 Å². The second-order valence-corrected chi connectivity index (χ2v) is 10.3. The van der Waals surface area contributed by atoms with E-state index < -0.39 is 0 Å². The number of nitrogens with zero attached hydrogens (tertiary/aromatic N) is 5. The Morgan fingerprint density at radius 1 is 0.972 bits per heavy atom. The third-order valence-corrected chi connectivity index (χ3v) is 7.97. The van der Waals surface area contributed by atoms with E-state index in [-0.39, 0.29) is 17.6 Å². The SMILES string of the molecule is Cc1cc(C(=O)N2CC(N3CCN(C(=O)c4nccs4)CC3)C2)cc2ccn(-c3ccc(F)cc3)c12. The maximum absolute atomic E-state index is 13.4. The molecule has 6 rings (SSSR count). The van der Waals surface area contributed by atoms with Crippen LogP contribution in [0.2, 0.25) is 0 Å². The topological polar surface area (TPSA) is 61.7 Å². The molecular formula is C27H26FN5O2S. The van der Waals surface area contributed by atoms with Gasteiger partial charge in [-0.15, -0.1) is 11.3 Å². The number of carbonyl (C=O) groups excluding carboxylic acids is 2. The molecule has 0 radical (unpaired) electrons. The second kappa shape index (κ2) is 9.15. The lowest BCUT2D eigenvalue weighted by molar-refractivity contribution is 0.00853. The van der Waals surface area contributed by atoms with Gasteiger partial charge in [-0.2, -0.15) is 0 Å². The number of likely N-dealkylation sites (tertiary alicyclic amines) is 1. The summed E-state index contributed by atoms with van der Waals surface area (Å²) >= 11 is 1.38. The van der Waals surface area contributed by atoms with E-state index in [1.54, 1.807) is 18.3 Å². The molecular weight excluding hydrogens is 477 g/mol. The summed E-state index contributed by atoms with van der Waals surface area (Å²) in [6.07, 6.45) is 3.62. The summed E-state index contributed by atoms with van der Waals surface area (Å²) in [6.45, 7) is 6.40. The Hall–Kier alpha value is -3.56. The molecule has 0 N–H and O–H groups in total. The maximum Gasteiger partial charge on any atom is 0.282 e. The minimum atomic E-state index is -0.265.